The molecule has 130 valence electrons. The van der Waals surface area contributed by atoms with Crippen molar-refractivity contribution in [3.8, 4) is 0 Å². The lowest BCUT2D eigenvalue weighted by atomic mass is 9.80. The molecular weight excluding hydrogens is 303 g/mol. The fourth-order valence-electron chi connectivity index (χ4n) is 3.66. The van der Waals surface area contributed by atoms with Gasteiger partial charge in [0.05, 0.1) is 12.7 Å². The Morgan fingerprint density at radius 1 is 1.43 bits per heavy atom. The number of ether oxygens (including phenoxy) is 2. The van der Waals surface area contributed by atoms with E-state index in [2.05, 4.69) is 5.32 Å². The number of piperidine rings is 1. The number of rotatable bonds is 5. The maximum absolute atomic E-state index is 14.3. The number of fused-ring (bicyclic) bond motifs is 1. The van der Waals surface area contributed by atoms with E-state index in [1.54, 1.807) is 12.0 Å². The molecule has 1 aliphatic carbocycles. The Balaban J connectivity index is 1.51. The maximum Gasteiger partial charge on any atom is 0.260 e. The molecule has 2 aliphatic heterocycles. The summed E-state index contributed by atoms with van der Waals surface area (Å²) in [4.78, 5) is 25.9. The molecule has 0 aromatic rings. The standard InChI is InChI=1S/C16H25FN2O4/c1-22-8-6-18-14(20)12-9-11-3-7-19(10-13(11)23-12)15(21)16(17)4-2-5-16/h11-13H,2-10H2,1H3,(H,18,20)/t11-,12?,13-/m0/s1. The van der Waals surface area contributed by atoms with Crippen LogP contribution in [-0.2, 0) is 19.1 Å². The van der Waals surface area contributed by atoms with Crippen molar-refractivity contribution in [1.82, 2.24) is 10.2 Å². The van der Waals surface area contributed by atoms with E-state index in [0.717, 1.165) is 12.8 Å². The number of alkyl halides is 1. The summed E-state index contributed by atoms with van der Waals surface area (Å²) in [5, 5.41) is 2.78. The molecule has 3 atom stereocenters. The molecule has 0 radical (unpaired) electrons. The van der Waals surface area contributed by atoms with Crippen LogP contribution < -0.4 is 5.32 Å². The topological polar surface area (TPSA) is 67.9 Å². The van der Waals surface area contributed by atoms with Gasteiger partial charge in [-0.15, -0.1) is 0 Å². The van der Waals surface area contributed by atoms with Gasteiger partial charge in [-0.25, -0.2) is 4.39 Å². The number of carbonyl (C=O) groups is 2. The molecule has 6 nitrogen and oxygen atoms in total. The average Bonchev–Trinajstić information content (AvgIpc) is 2.95. The third-order valence-electron chi connectivity index (χ3n) is 5.27. The Morgan fingerprint density at radius 2 is 2.22 bits per heavy atom. The van der Waals surface area contributed by atoms with Crippen LogP contribution in [0.4, 0.5) is 4.39 Å². The molecule has 1 unspecified atom stereocenters. The molecule has 3 fully saturated rings. The summed E-state index contributed by atoms with van der Waals surface area (Å²) in [6, 6.07) is 0. The normalized spacial score (nSPS) is 32.1. The first kappa shape index (κ1) is 16.6. The monoisotopic (exact) mass is 328 g/mol. The molecule has 0 aromatic heterocycles. The zero-order valence-electron chi connectivity index (χ0n) is 13.6. The predicted molar refractivity (Wildman–Crippen MR) is 80.5 cm³/mol. The molecule has 1 N–H and O–H groups in total. The van der Waals surface area contributed by atoms with Crippen LogP contribution in [0.15, 0.2) is 0 Å². The lowest BCUT2D eigenvalue weighted by molar-refractivity contribution is -0.154. The molecule has 3 rings (SSSR count). The number of nitrogens with zero attached hydrogens (tertiary/aromatic N) is 1. The molecule has 0 aromatic carbocycles. The van der Waals surface area contributed by atoms with Crippen molar-refractivity contribution in [3.63, 3.8) is 0 Å². The van der Waals surface area contributed by atoms with Crippen LogP contribution in [0.2, 0.25) is 0 Å². The van der Waals surface area contributed by atoms with Crippen LogP contribution in [-0.4, -0.2) is 67.9 Å². The SMILES string of the molecule is COCCNC(=O)C1C[C@@H]2CCN(C(=O)C3(F)CCC3)C[C@@H]2O1. The minimum Gasteiger partial charge on any atom is -0.383 e. The number of likely N-dealkylation sites (tertiary alicyclic amines) is 1. The second-order valence-corrected chi connectivity index (χ2v) is 6.80. The van der Waals surface area contributed by atoms with E-state index in [9.17, 15) is 14.0 Å². The average molecular weight is 328 g/mol. The number of nitrogens with one attached hydrogen (secondary N) is 1. The largest absolute Gasteiger partial charge is 0.383 e. The molecule has 23 heavy (non-hydrogen) atoms. The van der Waals surface area contributed by atoms with Gasteiger partial charge >= 0.3 is 0 Å². The van der Waals surface area contributed by atoms with Gasteiger partial charge in [0.1, 0.15) is 6.10 Å². The maximum atomic E-state index is 14.3. The van der Waals surface area contributed by atoms with Crippen molar-refractivity contribution in [2.45, 2.75) is 50.0 Å². The van der Waals surface area contributed by atoms with E-state index < -0.39 is 17.7 Å². The molecule has 2 heterocycles. The van der Waals surface area contributed by atoms with E-state index in [-0.39, 0.29) is 17.9 Å². The number of hydrogen-bond acceptors (Lipinski definition) is 4. The second kappa shape index (κ2) is 6.73. The van der Waals surface area contributed by atoms with Gasteiger partial charge in [-0.05, 0) is 38.0 Å². The molecule has 2 amide bonds. The quantitative estimate of drug-likeness (QED) is 0.753. The molecule has 2 saturated heterocycles. The Morgan fingerprint density at radius 3 is 2.87 bits per heavy atom. The van der Waals surface area contributed by atoms with Crippen molar-refractivity contribution < 1.29 is 23.5 Å². The van der Waals surface area contributed by atoms with Gasteiger partial charge in [-0.3, -0.25) is 9.59 Å². The molecule has 0 bridgehead atoms. The van der Waals surface area contributed by atoms with Gasteiger partial charge in [0.15, 0.2) is 5.67 Å². The van der Waals surface area contributed by atoms with Crippen molar-refractivity contribution in [3.05, 3.63) is 0 Å². The highest BCUT2D eigenvalue weighted by Crippen LogP contribution is 2.40. The van der Waals surface area contributed by atoms with Crippen LogP contribution >= 0.6 is 0 Å². The zero-order chi connectivity index (χ0) is 16.4. The summed E-state index contributed by atoms with van der Waals surface area (Å²) < 4.78 is 25.0. The van der Waals surface area contributed by atoms with E-state index >= 15 is 0 Å². The molecule has 3 aliphatic rings. The van der Waals surface area contributed by atoms with E-state index in [1.165, 1.54) is 0 Å². The van der Waals surface area contributed by atoms with Crippen LogP contribution in [0.25, 0.3) is 0 Å². The number of halogens is 1. The number of amides is 2. The minimum absolute atomic E-state index is 0.129. The predicted octanol–water partition coefficient (Wildman–Crippen LogP) is 0.647. The lowest BCUT2D eigenvalue weighted by Crippen LogP contribution is -2.55. The fraction of sp³-hybridized carbons (Fsp3) is 0.875. The summed E-state index contributed by atoms with van der Waals surface area (Å²) in [5.74, 6) is -0.247. The van der Waals surface area contributed by atoms with Gasteiger partial charge in [-0.2, -0.15) is 0 Å². The first-order valence-corrected chi connectivity index (χ1v) is 8.44. The summed E-state index contributed by atoms with van der Waals surface area (Å²) in [6.45, 7) is 1.88. The van der Waals surface area contributed by atoms with Crippen LogP contribution in [0.3, 0.4) is 0 Å². The smallest absolute Gasteiger partial charge is 0.260 e. The molecule has 1 saturated carbocycles. The number of carbonyl (C=O) groups excluding carboxylic acids is 2. The van der Waals surface area contributed by atoms with Gasteiger partial charge in [-0.1, -0.05) is 0 Å². The number of hydrogen-bond donors (Lipinski definition) is 1. The fourth-order valence-corrected chi connectivity index (χ4v) is 3.66. The van der Waals surface area contributed by atoms with Crippen molar-refractivity contribution in [2.75, 3.05) is 33.4 Å². The van der Waals surface area contributed by atoms with Crippen molar-refractivity contribution in [2.24, 2.45) is 5.92 Å². The highest BCUT2D eigenvalue weighted by molar-refractivity contribution is 5.86. The summed E-state index contributed by atoms with van der Waals surface area (Å²) in [7, 11) is 1.58. The Hall–Kier alpha value is -1.21. The summed E-state index contributed by atoms with van der Waals surface area (Å²) in [5.41, 5.74) is -1.65. The Labute approximate surface area is 135 Å². The van der Waals surface area contributed by atoms with Crippen LogP contribution in [0.1, 0.15) is 32.1 Å². The highest BCUT2D eigenvalue weighted by atomic mass is 19.1. The van der Waals surface area contributed by atoms with Gasteiger partial charge in [0.2, 0.25) is 5.91 Å². The first-order valence-electron chi connectivity index (χ1n) is 8.44. The highest BCUT2D eigenvalue weighted by Gasteiger charge is 2.50. The van der Waals surface area contributed by atoms with Gasteiger partial charge in [0.25, 0.3) is 5.91 Å². The van der Waals surface area contributed by atoms with Crippen LogP contribution in [0, 0.1) is 5.92 Å². The number of methoxy groups -OCH3 is 1. The molecular formula is C16H25FN2O4. The molecule has 7 heteroatoms. The van der Waals surface area contributed by atoms with E-state index in [4.69, 9.17) is 9.47 Å². The second-order valence-electron chi connectivity index (χ2n) is 6.80. The third-order valence-corrected chi connectivity index (χ3v) is 5.27. The zero-order valence-corrected chi connectivity index (χ0v) is 13.6. The van der Waals surface area contributed by atoms with Gasteiger partial charge in [0, 0.05) is 26.7 Å². The molecule has 0 spiro atoms. The van der Waals surface area contributed by atoms with E-state index in [1.807, 2.05) is 0 Å². The Kier molecular flexibility index (Phi) is 4.87. The van der Waals surface area contributed by atoms with Crippen LogP contribution in [0.5, 0.6) is 0 Å². The third kappa shape index (κ3) is 3.35. The van der Waals surface area contributed by atoms with Gasteiger partial charge < -0.3 is 19.7 Å². The Bertz CT molecular complexity index is 469. The minimum atomic E-state index is -1.65. The van der Waals surface area contributed by atoms with E-state index in [0.29, 0.717) is 45.5 Å². The van der Waals surface area contributed by atoms with Crippen molar-refractivity contribution in [1.29, 1.82) is 0 Å². The lowest BCUT2D eigenvalue weighted by Gasteiger charge is -2.41. The summed E-state index contributed by atoms with van der Waals surface area (Å²) >= 11 is 0. The van der Waals surface area contributed by atoms with Crippen molar-refractivity contribution >= 4 is 11.8 Å². The first-order chi connectivity index (χ1) is 11.0. The summed E-state index contributed by atoms with van der Waals surface area (Å²) in [6.07, 6.45) is 2.27.